The van der Waals surface area contributed by atoms with Gasteiger partial charge in [-0.3, -0.25) is 14.9 Å². The number of aryl methyl sites for hydroxylation is 1. The number of nitrogens with one attached hydrogen (secondary N) is 2. The van der Waals surface area contributed by atoms with Crippen molar-refractivity contribution in [2.24, 2.45) is 5.10 Å². The third kappa shape index (κ3) is 5.95. The van der Waals surface area contributed by atoms with Gasteiger partial charge in [-0.05, 0) is 36.8 Å². The normalized spacial score (nSPS) is 10.8. The SMILES string of the molecule is Cc1ccc(C(=O)Nc2nnc(CC(=O)N/N=C/c3ccc(N(C)C)cc3)s2)cc1. The first kappa shape index (κ1) is 21.1. The maximum Gasteiger partial charge on any atom is 0.257 e. The Balaban J connectivity index is 1.49. The van der Waals surface area contributed by atoms with E-state index in [1.807, 2.05) is 62.3 Å². The summed E-state index contributed by atoms with van der Waals surface area (Å²) in [5, 5.41) is 15.3. The van der Waals surface area contributed by atoms with Crippen molar-refractivity contribution in [3.63, 3.8) is 0 Å². The second kappa shape index (κ2) is 9.75. The molecule has 0 bridgehead atoms. The minimum Gasteiger partial charge on any atom is -0.378 e. The quantitative estimate of drug-likeness (QED) is 0.451. The molecule has 2 N–H and O–H groups in total. The molecule has 0 aliphatic rings. The summed E-state index contributed by atoms with van der Waals surface area (Å²) in [6, 6.07) is 15.0. The van der Waals surface area contributed by atoms with Gasteiger partial charge < -0.3 is 4.90 Å². The molecule has 1 heterocycles. The molecule has 1 aromatic heterocycles. The smallest absolute Gasteiger partial charge is 0.257 e. The Hall–Kier alpha value is -3.59. The molecule has 8 nitrogen and oxygen atoms in total. The molecule has 3 rings (SSSR count). The van der Waals surface area contributed by atoms with Crippen molar-refractivity contribution >= 4 is 40.2 Å². The number of amides is 2. The summed E-state index contributed by atoms with van der Waals surface area (Å²) in [7, 11) is 3.94. The van der Waals surface area contributed by atoms with Crippen LogP contribution in [0.25, 0.3) is 0 Å². The van der Waals surface area contributed by atoms with Crippen LogP contribution in [-0.2, 0) is 11.2 Å². The third-order valence-corrected chi connectivity index (χ3v) is 4.96. The fourth-order valence-electron chi connectivity index (χ4n) is 2.46. The van der Waals surface area contributed by atoms with Crippen molar-refractivity contribution in [1.29, 1.82) is 0 Å². The number of hydrogen-bond donors (Lipinski definition) is 2. The van der Waals surface area contributed by atoms with Crippen LogP contribution in [0.4, 0.5) is 10.8 Å². The molecule has 0 saturated heterocycles. The summed E-state index contributed by atoms with van der Waals surface area (Å²) in [4.78, 5) is 26.3. The lowest BCUT2D eigenvalue weighted by atomic mass is 10.1. The fraction of sp³-hybridized carbons (Fsp3) is 0.190. The zero-order valence-corrected chi connectivity index (χ0v) is 17.7. The molecule has 0 aliphatic carbocycles. The van der Waals surface area contributed by atoms with E-state index in [9.17, 15) is 9.59 Å². The van der Waals surface area contributed by atoms with Crippen LogP contribution < -0.4 is 15.6 Å². The van der Waals surface area contributed by atoms with Gasteiger partial charge >= 0.3 is 0 Å². The lowest BCUT2D eigenvalue weighted by molar-refractivity contribution is -0.120. The van der Waals surface area contributed by atoms with Crippen LogP contribution in [-0.4, -0.2) is 42.3 Å². The van der Waals surface area contributed by atoms with Crippen molar-refractivity contribution in [2.45, 2.75) is 13.3 Å². The number of hydrogen-bond acceptors (Lipinski definition) is 7. The van der Waals surface area contributed by atoms with Gasteiger partial charge in [0.15, 0.2) is 0 Å². The maximum atomic E-state index is 12.2. The van der Waals surface area contributed by atoms with E-state index < -0.39 is 0 Å². The Kier molecular flexibility index (Phi) is 6.87. The van der Waals surface area contributed by atoms with Crippen molar-refractivity contribution < 1.29 is 9.59 Å². The molecular weight excluding hydrogens is 400 g/mol. The Bertz CT molecular complexity index is 1040. The van der Waals surface area contributed by atoms with Gasteiger partial charge in [0, 0.05) is 25.3 Å². The molecule has 3 aromatic rings. The summed E-state index contributed by atoms with van der Waals surface area (Å²) >= 11 is 1.15. The first-order chi connectivity index (χ1) is 14.4. The Morgan fingerprint density at radius 1 is 1.07 bits per heavy atom. The second-order valence-corrected chi connectivity index (χ2v) is 7.84. The van der Waals surface area contributed by atoms with Crippen molar-refractivity contribution in [2.75, 3.05) is 24.3 Å². The topological polar surface area (TPSA) is 99.6 Å². The summed E-state index contributed by atoms with van der Waals surface area (Å²) in [6.07, 6.45) is 1.60. The van der Waals surface area contributed by atoms with E-state index in [4.69, 9.17) is 0 Å². The molecule has 0 radical (unpaired) electrons. The molecule has 0 unspecified atom stereocenters. The number of aromatic nitrogens is 2. The van der Waals surface area contributed by atoms with Crippen molar-refractivity contribution in [3.8, 4) is 0 Å². The highest BCUT2D eigenvalue weighted by Gasteiger charge is 2.12. The number of benzene rings is 2. The maximum absolute atomic E-state index is 12.2. The molecule has 2 aromatic carbocycles. The van der Waals surface area contributed by atoms with E-state index in [0.29, 0.717) is 15.7 Å². The molecule has 0 spiro atoms. The number of anilines is 2. The lowest BCUT2D eigenvalue weighted by Crippen LogP contribution is -2.19. The Morgan fingerprint density at radius 3 is 2.43 bits per heavy atom. The molecule has 0 atom stereocenters. The minimum atomic E-state index is -0.316. The zero-order valence-electron chi connectivity index (χ0n) is 16.9. The molecule has 9 heteroatoms. The molecule has 30 heavy (non-hydrogen) atoms. The predicted octanol–water partition coefficient (Wildman–Crippen LogP) is 2.86. The fourth-order valence-corrected chi connectivity index (χ4v) is 3.20. The second-order valence-electron chi connectivity index (χ2n) is 6.78. The van der Waals surface area contributed by atoms with Gasteiger partial charge in [-0.15, -0.1) is 10.2 Å². The van der Waals surface area contributed by atoms with E-state index in [1.165, 1.54) is 0 Å². The van der Waals surface area contributed by atoms with Gasteiger partial charge in [0.25, 0.3) is 5.91 Å². The van der Waals surface area contributed by atoms with Gasteiger partial charge in [0.05, 0.1) is 12.6 Å². The summed E-state index contributed by atoms with van der Waals surface area (Å²) in [5.41, 5.74) is 6.03. The predicted molar refractivity (Wildman–Crippen MR) is 119 cm³/mol. The standard InChI is InChI=1S/C21H22N6O2S/c1-14-4-8-16(9-5-14)20(29)23-21-26-25-19(30-21)12-18(28)24-22-13-15-6-10-17(11-7-15)27(2)3/h4-11,13H,12H2,1-3H3,(H,24,28)(H,23,26,29)/b22-13+. The number of hydrazone groups is 1. The number of nitrogens with zero attached hydrogens (tertiary/aromatic N) is 4. The lowest BCUT2D eigenvalue weighted by Gasteiger charge is -2.11. The van der Waals surface area contributed by atoms with Crippen LogP contribution >= 0.6 is 11.3 Å². The number of carbonyl (C=O) groups excluding carboxylic acids is 2. The van der Waals surface area contributed by atoms with E-state index in [-0.39, 0.29) is 18.2 Å². The summed E-state index contributed by atoms with van der Waals surface area (Å²) in [6.45, 7) is 1.95. The number of rotatable bonds is 7. The molecule has 0 aliphatic heterocycles. The number of carbonyl (C=O) groups is 2. The van der Waals surface area contributed by atoms with E-state index in [2.05, 4.69) is 26.0 Å². The first-order valence-electron chi connectivity index (χ1n) is 9.20. The van der Waals surface area contributed by atoms with E-state index >= 15 is 0 Å². The van der Waals surface area contributed by atoms with Gasteiger partial charge in [0.1, 0.15) is 5.01 Å². The summed E-state index contributed by atoms with van der Waals surface area (Å²) in [5.74, 6) is -0.587. The third-order valence-electron chi connectivity index (χ3n) is 4.13. The highest BCUT2D eigenvalue weighted by Crippen LogP contribution is 2.17. The van der Waals surface area contributed by atoms with Gasteiger partial charge in [-0.1, -0.05) is 41.2 Å². The highest BCUT2D eigenvalue weighted by atomic mass is 32.1. The molecule has 0 fully saturated rings. The first-order valence-corrected chi connectivity index (χ1v) is 10.0. The van der Waals surface area contributed by atoms with E-state index in [1.54, 1.807) is 18.3 Å². The van der Waals surface area contributed by atoms with Gasteiger partial charge in [-0.25, -0.2) is 5.43 Å². The Morgan fingerprint density at radius 2 is 1.77 bits per heavy atom. The Labute approximate surface area is 178 Å². The average molecular weight is 423 g/mol. The van der Waals surface area contributed by atoms with Crippen LogP contribution in [0.3, 0.4) is 0 Å². The van der Waals surface area contributed by atoms with Crippen molar-refractivity contribution in [3.05, 3.63) is 70.2 Å². The zero-order chi connectivity index (χ0) is 21.5. The largest absolute Gasteiger partial charge is 0.378 e. The van der Waals surface area contributed by atoms with Crippen molar-refractivity contribution in [1.82, 2.24) is 15.6 Å². The van der Waals surface area contributed by atoms with Gasteiger partial charge in [0.2, 0.25) is 11.0 Å². The average Bonchev–Trinajstić information content (AvgIpc) is 3.15. The van der Waals surface area contributed by atoms with Crippen LogP contribution in [0.15, 0.2) is 53.6 Å². The molecule has 0 saturated carbocycles. The van der Waals surface area contributed by atoms with Crippen LogP contribution in [0, 0.1) is 6.92 Å². The van der Waals surface area contributed by atoms with Gasteiger partial charge in [-0.2, -0.15) is 5.10 Å². The molecule has 2 amide bonds. The molecular formula is C21H22N6O2S. The monoisotopic (exact) mass is 422 g/mol. The van der Waals surface area contributed by atoms with Crippen LogP contribution in [0.2, 0.25) is 0 Å². The van der Waals surface area contributed by atoms with E-state index in [0.717, 1.165) is 28.2 Å². The minimum absolute atomic E-state index is 0.0228. The highest BCUT2D eigenvalue weighted by molar-refractivity contribution is 7.15. The van der Waals surface area contributed by atoms with Crippen LogP contribution in [0.1, 0.15) is 26.5 Å². The molecule has 154 valence electrons. The van der Waals surface area contributed by atoms with Crippen LogP contribution in [0.5, 0.6) is 0 Å². The summed E-state index contributed by atoms with van der Waals surface area (Å²) < 4.78 is 0.